The van der Waals surface area contributed by atoms with Gasteiger partial charge in [-0.2, -0.15) is 0 Å². The maximum absolute atomic E-state index is 7.37. The Morgan fingerprint density at radius 1 is 1.47 bits per heavy atom. The van der Waals surface area contributed by atoms with Crippen molar-refractivity contribution in [1.29, 1.82) is 5.41 Å². The van der Waals surface area contributed by atoms with Crippen LogP contribution in [0, 0.1) is 5.41 Å². The third-order valence-electron chi connectivity index (χ3n) is 2.41. The summed E-state index contributed by atoms with van der Waals surface area (Å²) >= 11 is 1.29. The summed E-state index contributed by atoms with van der Waals surface area (Å²) in [5.74, 6) is 0. The number of nitrogens with one attached hydrogen (secondary N) is 1. The highest BCUT2D eigenvalue weighted by atomic mass is 32.2. The van der Waals surface area contributed by atoms with Gasteiger partial charge in [0, 0.05) is 28.5 Å². The number of benzene rings is 1. The lowest BCUT2D eigenvalue weighted by Gasteiger charge is -2.03. The number of thioether (sulfide) groups is 1. The minimum atomic E-state index is 0.114. The molecular formula is C13H15N3S. The molecule has 0 bridgehead atoms. The van der Waals surface area contributed by atoms with Gasteiger partial charge in [0.15, 0.2) is 5.17 Å². The summed E-state index contributed by atoms with van der Waals surface area (Å²) < 4.78 is 2.14. The number of aromatic nitrogens is 1. The molecule has 0 aliphatic rings. The molecule has 0 aliphatic heterocycles. The molecule has 0 atom stereocenters. The number of fused-ring (bicyclic) bond motifs is 1. The van der Waals surface area contributed by atoms with Gasteiger partial charge in [0.25, 0.3) is 0 Å². The average molecular weight is 245 g/mol. The van der Waals surface area contributed by atoms with Crippen molar-refractivity contribution in [2.24, 2.45) is 5.73 Å². The molecule has 0 aliphatic carbocycles. The molecule has 0 saturated heterocycles. The van der Waals surface area contributed by atoms with Crippen LogP contribution >= 0.6 is 11.8 Å². The van der Waals surface area contributed by atoms with E-state index in [1.165, 1.54) is 11.8 Å². The number of hydrogen-bond donors (Lipinski definition) is 2. The third-order valence-corrected chi connectivity index (χ3v) is 3.18. The van der Waals surface area contributed by atoms with Crippen molar-refractivity contribution >= 4 is 27.8 Å². The average Bonchev–Trinajstić information content (AvgIpc) is 2.56. The van der Waals surface area contributed by atoms with Crippen LogP contribution in [0.4, 0.5) is 0 Å². The van der Waals surface area contributed by atoms with Crippen molar-refractivity contribution in [3.05, 3.63) is 42.6 Å². The van der Waals surface area contributed by atoms with Gasteiger partial charge in [-0.1, -0.05) is 42.1 Å². The second-order valence-corrected chi connectivity index (χ2v) is 5.15. The monoisotopic (exact) mass is 245 g/mol. The molecule has 2 aromatic rings. The highest BCUT2D eigenvalue weighted by Crippen LogP contribution is 2.29. The Morgan fingerprint density at radius 2 is 2.18 bits per heavy atom. The molecule has 0 fully saturated rings. The number of para-hydroxylation sites is 1. The molecule has 1 heterocycles. The Labute approximate surface area is 105 Å². The Balaban J connectivity index is 2.53. The van der Waals surface area contributed by atoms with E-state index in [-0.39, 0.29) is 5.17 Å². The predicted molar refractivity (Wildman–Crippen MR) is 74.5 cm³/mol. The number of nitrogens with two attached hydrogens (primary N) is 1. The first-order valence-electron chi connectivity index (χ1n) is 5.32. The van der Waals surface area contributed by atoms with Gasteiger partial charge >= 0.3 is 0 Å². The van der Waals surface area contributed by atoms with E-state index >= 15 is 0 Å². The van der Waals surface area contributed by atoms with Crippen LogP contribution in [0.2, 0.25) is 0 Å². The predicted octanol–water partition coefficient (Wildman–Crippen LogP) is 3.20. The fourth-order valence-electron chi connectivity index (χ4n) is 1.83. The van der Waals surface area contributed by atoms with Gasteiger partial charge in [0.05, 0.1) is 0 Å². The molecule has 88 valence electrons. The summed E-state index contributed by atoms with van der Waals surface area (Å²) in [6.07, 6.45) is 2.03. The van der Waals surface area contributed by atoms with Gasteiger partial charge in [-0.15, -0.1) is 0 Å². The zero-order chi connectivity index (χ0) is 12.4. The maximum atomic E-state index is 7.37. The smallest absolute Gasteiger partial charge is 0.156 e. The molecular weight excluding hydrogens is 230 g/mol. The van der Waals surface area contributed by atoms with Crippen molar-refractivity contribution in [2.45, 2.75) is 18.4 Å². The summed E-state index contributed by atoms with van der Waals surface area (Å²) in [5.41, 5.74) is 7.70. The first-order valence-corrected chi connectivity index (χ1v) is 6.13. The maximum Gasteiger partial charge on any atom is 0.156 e. The Hall–Kier alpha value is -1.68. The van der Waals surface area contributed by atoms with Crippen molar-refractivity contribution in [3.8, 4) is 0 Å². The summed E-state index contributed by atoms with van der Waals surface area (Å²) in [5, 5.41) is 8.62. The van der Waals surface area contributed by atoms with E-state index in [9.17, 15) is 0 Å². The van der Waals surface area contributed by atoms with Crippen LogP contribution in [0.25, 0.3) is 10.9 Å². The first-order chi connectivity index (χ1) is 8.08. The van der Waals surface area contributed by atoms with Crippen LogP contribution in [-0.4, -0.2) is 9.73 Å². The van der Waals surface area contributed by atoms with Crippen LogP contribution < -0.4 is 5.73 Å². The van der Waals surface area contributed by atoms with Gasteiger partial charge in [0.2, 0.25) is 0 Å². The third kappa shape index (κ3) is 2.53. The lowest BCUT2D eigenvalue weighted by Crippen LogP contribution is -2.02. The molecule has 1 aromatic heterocycles. The lowest BCUT2D eigenvalue weighted by molar-refractivity contribution is 0.816. The minimum Gasteiger partial charge on any atom is -0.378 e. The number of rotatable bonds is 3. The van der Waals surface area contributed by atoms with Crippen LogP contribution in [0.15, 0.2) is 47.5 Å². The highest BCUT2D eigenvalue weighted by Gasteiger charge is 2.09. The molecule has 3 nitrogen and oxygen atoms in total. The molecule has 0 spiro atoms. The fourth-order valence-corrected chi connectivity index (χ4v) is 2.53. The van der Waals surface area contributed by atoms with E-state index in [4.69, 9.17) is 11.1 Å². The van der Waals surface area contributed by atoms with E-state index < -0.39 is 0 Å². The summed E-state index contributed by atoms with van der Waals surface area (Å²) in [7, 11) is 0. The largest absolute Gasteiger partial charge is 0.378 e. The lowest BCUT2D eigenvalue weighted by atomic mass is 10.2. The fraction of sp³-hybridized carbons (Fsp3) is 0.154. The Morgan fingerprint density at radius 3 is 2.82 bits per heavy atom. The molecule has 3 N–H and O–H groups in total. The SMILES string of the molecule is C=C(C)Cn1cc(SC(=N)N)c2ccccc21. The van der Waals surface area contributed by atoms with E-state index in [0.29, 0.717) is 0 Å². The molecule has 0 amide bonds. The van der Waals surface area contributed by atoms with Crippen LogP contribution in [0.1, 0.15) is 6.92 Å². The number of nitrogens with zero attached hydrogens (tertiary/aromatic N) is 1. The van der Waals surface area contributed by atoms with Gasteiger partial charge < -0.3 is 10.3 Å². The van der Waals surface area contributed by atoms with Gasteiger partial charge in [0.1, 0.15) is 0 Å². The molecule has 0 radical (unpaired) electrons. The van der Waals surface area contributed by atoms with Crippen LogP contribution in [0.5, 0.6) is 0 Å². The zero-order valence-corrected chi connectivity index (χ0v) is 10.6. The normalized spacial score (nSPS) is 10.6. The highest BCUT2D eigenvalue weighted by molar-refractivity contribution is 8.13. The second kappa shape index (κ2) is 4.67. The van der Waals surface area contributed by atoms with E-state index in [0.717, 1.165) is 27.9 Å². The topological polar surface area (TPSA) is 54.8 Å². The Kier molecular flexibility index (Phi) is 3.24. The molecule has 17 heavy (non-hydrogen) atoms. The molecule has 4 heteroatoms. The summed E-state index contributed by atoms with van der Waals surface area (Å²) in [4.78, 5) is 1.02. The van der Waals surface area contributed by atoms with Gasteiger partial charge in [-0.3, -0.25) is 5.41 Å². The van der Waals surface area contributed by atoms with Gasteiger partial charge in [-0.05, 0) is 13.0 Å². The Bertz CT molecular complexity index is 533. The number of hydrogen-bond acceptors (Lipinski definition) is 2. The van der Waals surface area contributed by atoms with Crippen molar-refractivity contribution in [3.63, 3.8) is 0 Å². The van der Waals surface area contributed by atoms with Crippen LogP contribution in [-0.2, 0) is 6.54 Å². The quantitative estimate of drug-likeness (QED) is 0.377. The van der Waals surface area contributed by atoms with Crippen molar-refractivity contribution in [2.75, 3.05) is 0 Å². The zero-order valence-electron chi connectivity index (χ0n) is 9.73. The standard InChI is InChI=1S/C13H15N3S/c1-9(2)7-16-8-12(17-13(14)15)10-5-3-4-6-11(10)16/h3-6,8H,1,7H2,2H3,(H3,14,15). The first kappa shape index (κ1) is 11.8. The minimum absolute atomic E-state index is 0.114. The van der Waals surface area contributed by atoms with Crippen molar-refractivity contribution in [1.82, 2.24) is 4.57 Å². The number of amidine groups is 1. The van der Waals surface area contributed by atoms with E-state index in [1.54, 1.807) is 0 Å². The van der Waals surface area contributed by atoms with Crippen molar-refractivity contribution < 1.29 is 0 Å². The molecule has 2 rings (SSSR count). The van der Waals surface area contributed by atoms with Crippen LogP contribution in [0.3, 0.4) is 0 Å². The van der Waals surface area contributed by atoms with Gasteiger partial charge in [-0.25, -0.2) is 0 Å². The molecule has 0 saturated carbocycles. The van der Waals surface area contributed by atoms with E-state index in [1.807, 2.05) is 25.3 Å². The summed E-state index contributed by atoms with van der Waals surface area (Å²) in [6, 6.07) is 8.13. The second-order valence-electron chi connectivity index (χ2n) is 4.06. The molecule has 1 aromatic carbocycles. The summed E-state index contributed by atoms with van der Waals surface area (Å²) in [6.45, 7) is 6.73. The molecule has 0 unspecified atom stereocenters. The number of allylic oxidation sites excluding steroid dienone is 1. The van der Waals surface area contributed by atoms with E-state index in [2.05, 4.69) is 23.3 Å².